The molecule has 2 N–H and O–H groups in total. The van der Waals surface area contributed by atoms with Crippen LogP contribution >= 0.6 is 11.8 Å². The summed E-state index contributed by atoms with van der Waals surface area (Å²) in [5.41, 5.74) is 7.44. The van der Waals surface area contributed by atoms with Gasteiger partial charge in [-0.1, -0.05) is 38.0 Å². The summed E-state index contributed by atoms with van der Waals surface area (Å²) in [5.74, 6) is 1.77. The van der Waals surface area contributed by atoms with Gasteiger partial charge in [-0.25, -0.2) is 0 Å². The van der Waals surface area contributed by atoms with Crippen LogP contribution in [0, 0.1) is 12.8 Å². The second-order valence-electron chi connectivity index (χ2n) is 4.64. The molecule has 0 aliphatic heterocycles. The van der Waals surface area contributed by atoms with Gasteiger partial charge in [-0.05, 0) is 31.4 Å². The van der Waals surface area contributed by atoms with Crippen LogP contribution < -0.4 is 5.73 Å². The van der Waals surface area contributed by atoms with Gasteiger partial charge in [0.2, 0.25) is 0 Å². The van der Waals surface area contributed by atoms with E-state index in [1.54, 1.807) is 0 Å². The Morgan fingerprint density at radius 1 is 1.38 bits per heavy atom. The number of hydrogen-bond donors (Lipinski definition) is 1. The summed E-state index contributed by atoms with van der Waals surface area (Å²) in [6.07, 6.45) is 2.36. The minimum Gasteiger partial charge on any atom is -0.327 e. The van der Waals surface area contributed by atoms with Crippen LogP contribution in [0.4, 0.5) is 0 Å². The zero-order valence-electron chi connectivity index (χ0n) is 10.6. The predicted octanol–water partition coefficient (Wildman–Crippen LogP) is 3.85. The molecule has 2 atom stereocenters. The molecule has 1 rings (SSSR count). The van der Waals surface area contributed by atoms with E-state index in [2.05, 4.69) is 45.0 Å². The van der Waals surface area contributed by atoms with Gasteiger partial charge in [0.1, 0.15) is 0 Å². The topological polar surface area (TPSA) is 26.0 Å². The van der Waals surface area contributed by atoms with Gasteiger partial charge < -0.3 is 5.73 Å². The van der Waals surface area contributed by atoms with Gasteiger partial charge in [-0.2, -0.15) is 0 Å². The van der Waals surface area contributed by atoms with E-state index in [-0.39, 0.29) is 0 Å². The third-order valence-corrected chi connectivity index (χ3v) is 4.04. The van der Waals surface area contributed by atoms with Crippen LogP contribution in [0.2, 0.25) is 0 Å². The van der Waals surface area contributed by atoms with Crippen molar-refractivity contribution in [2.45, 2.75) is 44.6 Å². The van der Waals surface area contributed by atoms with Crippen molar-refractivity contribution < 1.29 is 0 Å². The summed E-state index contributed by atoms with van der Waals surface area (Å²) in [6.45, 7) is 6.63. The summed E-state index contributed by atoms with van der Waals surface area (Å²) < 4.78 is 0. The van der Waals surface area contributed by atoms with Crippen molar-refractivity contribution in [1.82, 2.24) is 0 Å². The first-order valence-electron chi connectivity index (χ1n) is 6.06. The molecule has 0 bridgehead atoms. The maximum Gasteiger partial charge on any atom is 0.0136 e. The number of hydrogen-bond acceptors (Lipinski definition) is 2. The van der Waals surface area contributed by atoms with Gasteiger partial charge in [0.25, 0.3) is 0 Å². The summed E-state index contributed by atoms with van der Waals surface area (Å²) in [5, 5.41) is 0. The lowest BCUT2D eigenvalue weighted by atomic mass is 10.0. The summed E-state index contributed by atoms with van der Waals surface area (Å²) in [7, 11) is 0. The minimum absolute atomic E-state index is 0.320. The highest BCUT2D eigenvalue weighted by atomic mass is 32.2. The van der Waals surface area contributed by atoms with Crippen molar-refractivity contribution in [2.75, 3.05) is 5.75 Å². The lowest BCUT2D eigenvalue weighted by Crippen LogP contribution is -2.25. The van der Waals surface area contributed by atoms with E-state index in [0.29, 0.717) is 6.04 Å². The molecule has 2 heteroatoms. The fourth-order valence-electron chi connectivity index (χ4n) is 1.66. The Labute approximate surface area is 104 Å². The molecule has 0 heterocycles. The highest BCUT2D eigenvalue weighted by Gasteiger charge is 2.08. The van der Waals surface area contributed by atoms with Crippen molar-refractivity contribution in [1.29, 1.82) is 0 Å². The van der Waals surface area contributed by atoms with Gasteiger partial charge in [0.15, 0.2) is 0 Å². The molecule has 0 amide bonds. The maximum atomic E-state index is 6.12. The summed E-state index contributed by atoms with van der Waals surface area (Å²) in [4.78, 5) is 1.33. The van der Waals surface area contributed by atoms with Crippen LogP contribution in [0.3, 0.4) is 0 Å². The summed E-state index contributed by atoms with van der Waals surface area (Å²) >= 11 is 1.87. The third-order valence-electron chi connectivity index (χ3n) is 2.86. The van der Waals surface area contributed by atoms with Crippen molar-refractivity contribution in [3.05, 3.63) is 29.8 Å². The lowest BCUT2D eigenvalue weighted by Gasteiger charge is -2.15. The molecule has 0 radical (unpaired) electrons. The second-order valence-corrected chi connectivity index (χ2v) is 5.73. The van der Waals surface area contributed by atoms with Gasteiger partial charge in [-0.3, -0.25) is 0 Å². The van der Waals surface area contributed by atoms with Gasteiger partial charge in [0, 0.05) is 16.7 Å². The maximum absolute atomic E-state index is 6.12. The van der Waals surface area contributed by atoms with Crippen LogP contribution in [0.25, 0.3) is 0 Å². The number of nitrogens with two attached hydrogens (primary N) is 1. The Kier molecular flexibility index (Phi) is 5.93. The molecular weight excluding hydrogens is 214 g/mol. The monoisotopic (exact) mass is 237 g/mol. The van der Waals surface area contributed by atoms with Crippen LogP contribution in [-0.4, -0.2) is 11.8 Å². The molecule has 1 nitrogen and oxygen atoms in total. The van der Waals surface area contributed by atoms with E-state index in [9.17, 15) is 0 Å². The molecule has 2 unspecified atom stereocenters. The molecule has 0 saturated carbocycles. The molecule has 90 valence electrons. The van der Waals surface area contributed by atoms with Crippen molar-refractivity contribution in [3.63, 3.8) is 0 Å². The highest BCUT2D eigenvalue weighted by Crippen LogP contribution is 2.21. The summed E-state index contributed by atoms with van der Waals surface area (Å²) in [6, 6.07) is 8.94. The Morgan fingerprint density at radius 2 is 2.12 bits per heavy atom. The normalized spacial score (nSPS) is 14.8. The van der Waals surface area contributed by atoms with Crippen molar-refractivity contribution in [2.24, 2.45) is 11.7 Å². The van der Waals surface area contributed by atoms with E-state index in [1.807, 2.05) is 11.8 Å². The van der Waals surface area contributed by atoms with Crippen LogP contribution in [0.1, 0.15) is 32.3 Å². The average Bonchev–Trinajstić information content (AvgIpc) is 2.26. The van der Waals surface area contributed by atoms with Crippen molar-refractivity contribution in [3.8, 4) is 0 Å². The molecule has 0 aliphatic carbocycles. The Hall–Kier alpha value is -0.470. The largest absolute Gasteiger partial charge is 0.327 e. The molecule has 1 aromatic carbocycles. The van der Waals surface area contributed by atoms with E-state index in [4.69, 9.17) is 5.73 Å². The minimum atomic E-state index is 0.320. The molecule has 0 aliphatic rings. The SMILES string of the molecule is CCC(C)CC(N)CSc1cccc(C)c1. The molecule has 0 saturated heterocycles. The van der Waals surface area contributed by atoms with Gasteiger partial charge in [-0.15, -0.1) is 11.8 Å². The second kappa shape index (κ2) is 6.97. The first-order chi connectivity index (χ1) is 7.61. The third kappa shape index (κ3) is 5.04. The molecule has 1 aromatic rings. The Balaban J connectivity index is 2.34. The quantitative estimate of drug-likeness (QED) is 0.761. The van der Waals surface area contributed by atoms with Crippen LogP contribution in [0.5, 0.6) is 0 Å². The number of thioether (sulfide) groups is 1. The number of rotatable bonds is 6. The standard InChI is InChI=1S/C14H23NS/c1-4-11(2)8-13(15)10-16-14-7-5-6-12(3)9-14/h5-7,9,11,13H,4,8,10,15H2,1-3H3. The molecule has 0 spiro atoms. The first kappa shape index (κ1) is 13.6. The van der Waals surface area contributed by atoms with Crippen LogP contribution in [-0.2, 0) is 0 Å². The zero-order valence-corrected chi connectivity index (χ0v) is 11.4. The molecule has 0 aromatic heterocycles. The van der Waals surface area contributed by atoms with Crippen molar-refractivity contribution >= 4 is 11.8 Å². The zero-order chi connectivity index (χ0) is 12.0. The fraction of sp³-hybridized carbons (Fsp3) is 0.571. The first-order valence-corrected chi connectivity index (χ1v) is 7.05. The molecule has 16 heavy (non-hydrogen) atoms. The fourth-order valence-corrected chi connectivity index (χ4v) is 2.65. The van der Waals surface area contributed by atoms with E-state index < -0.39 is 0 Å². The van der Waals surface area contributed by atoms with Gasteiger partial charge in [0.05, 0.1) is 0 Å². The number of aryl methyl sites for hydroxylation is 1. The smallest absolute Gasteiger partial charge is 0.0136 e. The Bertz CT molecular complexity index is 311. The molecular formula is C14H23NS. The van der Waals surface area contributed by atoms with Gasteiger partial charge >= 0.3 is 0 Å². The average molecular weight is 237 g/mol. The lowest BCUT2D eigenvalue weighted by molar-refractivity contribution is 0.472. The highest BCUT2D eigenvalue weighted by molar-refractivity contribution is 7.99. The van der Waals surface area contributed by atoms with E-state index in [0.717, 1.165) is 18.1 Å². The number of benzene rings is 1. The van der Waals surface area contributed by atoms with E-state index >= 15 is 0 Å². The molecule has 0 fully saturated rings. The predicted molar refractivity (Wildman–Crippen MR) is 74.0 cm³/mol. The Morgan fingerprint density at radius 3 is 2.75 bits per heavy atom. The van der Waals surface area contributed by atoms with Crippen LogP contribution in [0.15, 0.2) is 29.2 Å². The van der Waals surface area contributed by atoms with E-state index in [1.165, 1.54) is 16.9 Å².